The normalized spacial score (nSPS) is 12.7. The summed E-state index contributed by atoms with van der Waals surface area (Å²) in [6.07, 6.45) is 0. The molecule has 8 aromatic rings. The quantitative estimate of drug-likeness (QED) is 0.271. The van der Waals surface area contributed by atoms with Gasteiger partial charge in [0.05, 0.1) is 22.1 Å². The summed E-state index contributed by atoms with van der Waals surface area (Å²) in [5.41, 5.74) is 6.22. The van der Waals surface area contributed by atoms with Crippen LogP contribution >= 0.6 is 11.3 Å². The molecule has 0 spiro atoms. The number of aromatic nitrogens is 3. The van der Waals surface area contributed by atoms with Crippen LogP contribution in [0.15, 0.2) is 78.9 Å². The zero-order valence-corrected chi connectivity index (χ0v) is 16.6. The fourth-order valence-corrected chi connectivity index (χ4v) is 6.22. The molecule has 0 aliphatic carbocycles. The minimum atomic E-state index is 0.932. The second-order valence-electron chi connectivity index (χ2n) is 7.85. The molecule has 3 nitrogen and oxygen atoms in total. The van der Waals surface area contributed by atoms with E-state index in [1.54, 1.807) is 0 Å². The summed E-state index contributed by atoms with van der Waals surface area (Å²) < 4.78 is 4.99. The van der Waals surface area contributed by atoms with Crippen LogP contribution in [0, 0.1) is 0 Å². The fourth-order valence-electron chi connectivity index (χ4n) is 5.11. The maximum atomic E-state index is 5.05. The van der Waals surface area contributed by atoms with E-state index in [-0.39, 0.29) is 0 Å². The number of hydrogen-bond donors (Lipinski definition) is 0. The van der Waals surface area contributed by atoms with Crippen LogP contribution in [0.2, 0.25) is 0 Å². The lowest BCUT2D eigenvalue weighted by atomic mass is 10.0. The maximum absolute atomic E-state index is 5.05. The van der Waals surface area contributed by atoms with E-state index in [1.165, 1.54) is 47.4 Å². The first-order valence-electron chi connectivity index (χ1n) is 10.0. The molecule has 4 heteroatoms. The largest absolute Gasteiger partial charge is 0.291 e. The molecule has 8 rings (SSSR count). The van der Waals surface area contributed by atoms with Crippen molar-refractivity contribution < 1.29 is 0 Å². The van der Waals surface area contributed by atoms with Gasteiger partial charge in [0.1, 0.15) is 5.52 Å². The molecule has 0 N–H and O–H groups in total. The molecule has 0 aliphatic heterocycles. The molecule has 0 atom stereocenters. The number of benzene rings is 4. The van der Waals surface area contributed by atoms with Crippen LogP contribution in [-0.2, 0) is 0 Å². The molecule has 4 aromatic carbocycles. The van der Waals surface area contributed by atoms with Gasteiger partial charge < -0.3 is 0 Å². The average molecular weight is 399 g/mol. The predicted octanol–water partition coefficient (Wildman–Crippen LogP) is 7.15. The zero-order valence-electron chi connectivity index (χ0n) is 15.8. The van der Waals surface area contributed by atoms with Crippen molar-refractivity contribution in [2.75, 3.05) is 0 Å². The van der Waals surface area contributed by atoms with Crippen molar-refractivity contribution in [1.29, 1.82) is 0 Å². The van der Waals surface area contributed by atoms with E-state index >= 15 is 0 Å². The molecule has 4 heterocycles. The Balaban J connectivity index is 1.73. The minimum Gasteiger partial charge on any atom is -0.291 e. The smallest absolute Gasteiger partial charge is 0.165 e. The van der Waals surface area contributed by atoms with E-state index in [0.29, 0.717) is 0 Å². The molecule has 0 saturated carbocycles. The molecule has 30 heavy (non-hydrogen) atoms. The Morgan fingerprint density at radius 3 is 2.30 bits per heavy atom. The Morgan fingerprint density at radius 1 is 0.600 bits per heavy atom. The highest BCUT2D eigenvalue weighted by molar-refractivity contribution is 7.26. The summed E-state index contributed by atoms with van der Waals surface area (Å²) in [6, 6.07) is 27.9. The molecule has 0 amide bonds. The van der Waals surface area contributed by atoms with Gasteiger partial charge in [-0.1, -0.05) is 48.5 Å². The molecule has 0 radical (unpaired) electrons. The van der Waals surface area contributed by atoms with Crippen molar-refractivity contribution in [3.63, 3.8) is 0 Å². The van der Waals surface area contributed by atoms with Gasteiger partial charge in [-0.3, -0.25) is 4.40 Å². The Kier molecular flexibility index (Phi) is 2.54. The van der Waals surface area contributed by atoms with Gasteiger partial charge >= 0.3 is 0 Å². The lowest BCUT2D eigenvalue weighted by molar-refractivity contribution is 1.28. The standard InChI is InChI=1S/C26H13N3S/c1-4-11-20-14(6-1)23-21(30-20)13-12-19-22(23)15-7-5-8-16-24-26(29(19)25(15)16)28-18-10-3-2-9-17(18)27-24/h1-13H. The SMILES string of the molecule is c1ccc2nc3c(nc2c1)c1cccc2c4c5c(ccc4n3c12)sc1ccccc15. The number of fused-ring (bicyclic) bond motifs is 11. The van der Waals surface area contributed by atoms with E-state index in [4.69, 9.17) is 9.97 Å². The Hall–Kier alpha value is -3.76. The third-order valence-electron chi connectivity index (χ3n) is 6.31. The van der Waals surface area contributed by atoms with Crippen molar-refractivity contribution in [3.05, 3.63) is 78.9 Å². The highest BCUT2D eigenvalue weighted by Crippen LogP contribution is 2.45. The molecular weight excluding hydrogens is 386 g/mol. The summed E-state index contributed by atoms with van der Waals surface area (Å²) >= 11 is 1.87. The number of rotatable bonds is 0. The van der Waals surface area contributed by atoms with Gasteiger partial charge in [0.15, 0.2) is 5.65 Å². The second-order valence-corrected chi connectivity index (χ2v) is 8.94. The Morgan fingerprint density at radius 2 is 1.37 bits per heavy atom. The van der Waals surface area contributed by atoms with Crippen molar-refractivity contribution in [3.8, 4) is 0 Å². The van der Waals surface area contributed by atoms with Gasteiger partial charge in [0.2, 0.25) is 0 Å². The molecule has 4 aromatic heterocycles. The Bertz CT molecular complexity index is 1960. The molecule has 138 valence electrons. The van der Waals surface area contributed by atoms with E-state index in [2.05, 4.69) is 59.0 Å². The van der Waals surface area contributed by atoms with Crippen LogP contribution in [0.1, 0.15) is 0 Å². The summed E-state index contributed by atoms with van der Waals surface area (Å²) in [7, 11) is 0. The van der Waals surface area contributed by atoms with Crippen LogP contribution in [0.5, 0.6) is 0 Å². The monoisotopic (exact) mass is 399 g/mol. The number of thiophene rings is 1. The third kappa shape index (κ3) is 1.64. The maximum Gasteiger partial charge on any atom is 0.165 e. The van der Waals surface area contributed by atoms with Gasteiger partial charge in [-0.05, 0) is 30.3 Å². The van der Waals surface area contributed by atoms with Gasteiger partial charge in [-0.15, -0.1) is 11.3 Å². The van der Waals surface area contributed by atoms with E-state index in [1.807, 2.05) is 35.6 Å². The summed E-state index contributed by atoms with van der Waals surface area (Å²) in [4.78, 5) is 10.0. The van der Waals surface area contributed by atoms with Gasteiger partial charge in [0, 0.05) is 36.3 Å². The van der Waals surface area contributed by atoms with E-state index < -0.39 is 0 Å². The minimum absolute atomic E-state index is 0.932. The molecule has 0 saturated heterocycles. The molecule has 0 fully saturated rings. The lowest BCUT2D eigenvalue weighted by Crippen LogP contribution is -1.88. The van der Waals surface area contributed by atoms with Crippen LogP contribution < -0.4 is 0 Å². The summed E-state index contributed by atoms with van der Waals surface area (Å²) in [6.45, 7) is 0. The fraction of sp³-hybridized carbons (Fsp3) is 0. The molecule has 0 unspecified atom stereocenters. The first-order valence-corrected chi connectivity index (χ1v) is 10.8. The van der Waals surface area contributed by atoms with Crippen LogP contribution in [0.3, 0.4) is 0 Å². The molecular formula is C26H13N3S. The van der Waals surface area contributed by atoms with E-state index in [0.717, 1.165) is 22.2 Å². The first-order chi connectivity index (χ1) is 14.9. The van der Waals surface area contributed by atoms with E-state index in [9.17, 15) is 0 Å². The van der Waals surface area contributed by atoms with Crippen molar-refractivity contribution in [2.45, 2.75) is 0 Å². The highest BCUT2D eigenvalue weighted by Gasteiger charge is 2.22. The first kappa shape index (κ1) is 15.1. The van der Waals surface area contributed by atoms with Crippen molar-refractivity contribution in [2.24, 2.45) is 0 Å². The molecule has 0 aliphatic rings. The van der Waals surface area contributed by atoms with Crippen LogP contribution in [0.25, 0.3) is 69.6 Å². The summed E-state index contributed by atoms with van der Waals surface area (Å²) in [5.74, 6) is 0. The lowest BCUT2D eigenvalue weighted by Gasteiger charge is -2.01. The number of nitrogens with zero attached hydrogens (tertiary/aromatic N) is 3. The number of para-hydroxylation sites is 3. The third-order valence-corrected chi connectivity index (χ3v) is 7.45. The highest BCUT2D eigenvalue weighted by atomic mass is 32.1. The van der Waals surface area contributed by atoms with Crippen molar-refractivity contribution >= 4 is 80.9 Å². The molecule has 0 bridgehead atoms. The average Bonchev–Trinajstić information content (AvgIpc) is 3.43. The van der Waals surface area contributed by atoms with Crippen LogP contribution in [0.4, 0.5) is 0 Å². The van der Waals surface area contributed by atoms with Gasteiger partial charge in [-0.2, -0.15) is 0 Å². The second kappa shape index (κ2) is 5.04. The summed E-state index contributed by atoms with van der Waals surface area (Å²) in [5, 5.41) is 6.46. The Labute approximate surface area is 174 Å². The number of hydrogen-bond acceptors (Lipinski definition) is 3. The van der Waals surface area contributed by atoms with Gasteiger partial charge in [0.25, 0.3) is 0 Å². The topological polar surface area (TPSA) is 30.2 Å². The van der Waals surface area contributed by atoms with Crippen molar-refractivity contribution in [1.82, 2.24) is 14.4 Å². The van der Waals surface area contributed by atoms with Crippen LogP contribution in [-0.4, -0.2) is 14.4 Å². The van der Waals surface area contributed by atoms with Gasteiger partial charge in [-0.25, -0.2) is 9.97 Å². The predicted molar refractivity (Wildman–Crippen MR) is 127 cm³/mol. The zero-order chi connectivity index (χ0) is 19.4.